The fourth-order valence-corrected chi connectivity index (χ4v) is 2.05. The van der Waals surface area contributed by atoms with Crippen LogP contribution in [-0.2, 0) is 0 Å². The molecule has 20 heavy (non-hydrogen) atoms. The fourth-order valence-electron chi connectivity index (χ4n) is 1.65. The molecule has 3 rings (SSSR count). The lowest BCUT2D eigenvalue weighted by Gasteiger charge is -2.10. The van der Waals surface area contributed by atoms with Crippen LogP contribution in [0.25, 0.3) is 5.78 Å². The minimum absolute atomic E-state index is 0.262. The van der Waals surface area contributed by atoms with Crippen molar-refractivity contribution >= 4 is 33.3 Å². The summed E-state index contributed by atoms with van der Waals surface area (Å²) in [6.45, 7) is 1.74. The number of nitrogens with zero attached hydrogens (tertiary/aromatic N) is 4. The lowest BCUT2D eigenvalue weighted by molar-refractivity contribution is 0.437. The molecule has 1 aromatic carbocycles. The van der Waals surface area contributed by atoms with Crippen LogP contribution in [-0.4, -0.2) is 19.6 Å². The summed E-state index contributed by atoms with van der Waals surface area (Å²) in [5.41, 5.74) is 0.591. The first-order valence-corrected chi connectivity index (χ1v) is 6.72. The molecule has 0 amide bonds. The molecule has 0 fully saturated rings. The van der Waals surface area contributed by atoms with Crippen LogP contribution >= 0.6 is 27.5 Å². The average Bonchev–Trinajstić information content (AvgIpc) is 2.87. The maximum atomic E-state index is 13.5. The summed E-state index contributed by atoms with van der Waals surface area (Å²) >= 11 is 9.10. The van der Waals surface area contributed by atoms with E-state index in [-0.39, 0.29) is 5.15 Å². The molecular formula is C12H7BrClFN4O. The highest BCUT2D eigenvalue weighted by molar-refractivity contribution is 9.10. The summed E-state index contributed by atoms with van der Waals surface area (Å²) in [7, 11) is 0. The van der Waals surface area contributed by atoms with Gasteiger partial charge in [-0.15, -0.1) is 0 Å². The first kappa shape index (κ1) is 13.3. The second-order valence-electron chi connectivity index (χ2n) is 3.98. The molecular weight excluding hydrogens is 351 g/mol. The molecule has 0 spiro atoms. The zero-order valence-corrected chi connectivity index (χ0v) is 12.5. The van der Waals surface area contributed by atoms with Gasteiger partial charge in [-0.3, -0.25) is 0 Å². The molecule has 0 unspecified atom stereocenters. The van der Waals surface area contributed by atoms with Crippen molar-refractivity contribution in [1.29, 1.82) is 0 Å². The Labute approximate surface area is 126 Å². The molecule has 0 saturated heterocycles. The van der Waals surface area contributed by atoms with Gasteiger partial charge in [0.15, 0.2) is 0 Å². The van der Waals surface area contributed by atoms with Crippen LogP contribution in [0.4, 0.5) is 4.39 Å². The summed E-state index contributed by atoms with van der Waals surface area (Å²) in [5, 5.41) is 4.28. The monoisotopic (exact) mass is 356 g/mol. The van der Waals surface area contributed by atoms with Crippen molar-refractivity contribution in [2.24, 2.45) is 0 Å². The predicted octanol–water partition coefficient (Wildman–Crippen LogP) is 3.78. The van der Waals surface area contributed by atoms with Crippen LogP contribution in [0.3, 0.4) is 0 Å². The van der Waals surface area contributed by atoms with Crippen LogP contribution < -0.4 is 4.74 Å². The summed E-state index contributed by atoms with van der Waals surface area (Å²) in [6, 6.07) is 4.45. The van der Waals surface area contributed by atoms with Crippen molar-refractivity contribution < 1.29 is 9.13 Å². The van der Waals surface area contributed by atoms with Gasteiger partial charge >= 0.3 is 0 Å². The van der Waals surface area contributed by atoms with Crippen LogP contribution in [0.5, 0.6) is 11.6 Å². The molecule has 5 nitrogen and oxygen atoms in total. The van der Waals surface area contributed by atoms with E-state index in [1.54, 1.807) is 19.1 Å². The molecule has 0 N–H and O–H groups in total. The Kier molecular flexibility index (Phi) is 3.31. The molecule has 102 valence electrons. The SMILES string of the molecule is Cc1c(Cl)nc2ncnn2c1Oc1ccc(Br)c(F)c1. The van der Waals surface area contributed by atoms with Crippen molar-refractivity contribution in [3.63, 3.8) is 0 Å². The van der Waals surface area contributed by atoms with E-state index >= 15 is 0 Å². The van der Waals surface area contributed by atoms with E-state index in [0.717, 1.165) is 0 Å². The maximum absolute atomic E-state index is 13.5. The highest BCUT2D eigenvalue weighted by Gasteiger charge is 2.15. The minimum atomic E-state index is -0.421. The maximum Gasteiger partial charge on any atom is 0.256 e. The van der Waals surface area contributed by atoms with Gasteiger partial charge in [-0.05, 0) is 35.0 Å². The van der Waals surface area contributed by atoms with Crippen LogP contribution in [0.2, 0.25) is 5.15 Å². The van der Waals surface area contributed by atoms with Crippen molar-refractivity contribution in [1.82, 2.24) is 19.6 Å². The molecule has 2 heterocycles. The van der Waals surface area contributed by atoms with Crippen LogP contribution in [0.15, 0.2) is 29.0 Å². The van der Waals surface area contributed by atoms with Gasteiger partial charge in [0, 0.05) is 11.6 Å². The largest absolute Gasteiger partial charge is 0.438 e. The van der Waals surface area contributed by atoms with Gasteiger partial charge in [-0.25, -0.2) is 4.39 Å². The van der Waals surface area contributed by atoms with Crippen LogP contribution in [0, 0.1) is 12.7 Å². The second kappa shape index (κ2) is 4.99. The van der Waals surface area contributed by atoms with Crippen molar-refractivity contribution in [2.75, 3.05) is 0 Å². The van der Waals surface area contributed by atoms with Crippen molar-refractivity contribution in [3.05, 3.63) is 45.5 Å². The summed E-state index contributed by atoms with van der Waals surface area (Å²) in [5.74, 6) is 0.565. The van der Waals surface area contributed by atoms with Crippen molar-refractivity contribution in [2.45, 2.75) is 6.92 Å². The lowest BCUT2D eigenvalue weighted by atomic mass is 10.3. The third-order valence-corrected chi connectivity index (χ3v) is 3.67. The molecule has 0 saturated carbocycles. The average molecular weight is 358 g/mol. The number of hydrogen-bond acceptors (Lipinski definition) is 4. The lowest BCUT2D eigenvalue weighted by Crippen LogP contribution is -2.01. The Balaban J connectivity index is 2.11. The predicted molar refractivity (Wildman–Crippen MR) is 74.7 cm³/mol. The van der Waals surface area contributed by atoms with E-state index in [1.807, 2.05) is 0 Å². The fraction of sp³-hybridized carbons (Fsp3) is 0.0833. The van der Waals surface area contributed by atoms with Gasteiger partial charge in [0.25, 0.3) is 5.78 Å². The van der Waals surface area contributed by atoms with E-state index in [1.165, 1.54) is 16.9 Å². The molecule has 2 aromatic heterocycles. The van der Waals surface area contributed by atoms with E-state index in [9.17, 15) is 4.39 Å². The van der Waals surface area contributed by atoms with Crippen LogP contribution in [0.1, 0.15) is 5.56 Å². The summed E-state index contributed by atoms with van der Waals surface area (Å²) in [4.78, 5) is 8.01. The first-order valence-electron chi connectivity index (χ1n) is 5.55. The molecule has 0 aliphatic heterocycles. The highest BCUT2D eigenvalue weighted by atomic mass is 79.9. The topological polar surface area (TPSA) is 52.3 Å². The number of benzene rings is 1. The quantitative estimate of drug-likeness (QED) is 0.655. The van der Waals surface area contributed by atoms with Gasteiger partial charge in [-0.1, -0.05) is 11.6 Å². The Morgan fingerprint density at radius 2 is 2.20 bits per heavy atom. The second-order valence-corrected chi connectivity index (χ2v) is 5.19. The zero-order chi connectivity index (χ0) is 14.3. The van der Waals surface area contributed by atoms with E-state index in [4.69, 9.17) is 16.3 Å². The molecule has 0 atom stereocenters. The minimum Gasteiger partial charge on any atom is -0.438 e. The van der Waals surface area contributed by atoms with Gasteiger partial charge in [-0.2, -0.15) is 19.6 Å². The Morgan fingerprint density at radius 1 is 1.40 bits per heavy atom. The molecule has 0 bridgehead atoms. The Hall–Kier alpha value is -1.73. The summed E-state index contributed by atoms with van der Waals surface area (Å²) in [6.07, 6.45) is 1.34. The number of fused-ring (bicyclic) bond motifs is 1. The number of halogens is 3. The van der Waals surface area contributed by atoms with E-state index in [0.29, 0.717) is 27.4 Å². The molecule has 0 aliphatic carbocycles. The Morgan fingerprint density at radius 3 is 2.95 bits per heavy atom. The Bertz CT molecular complexity index is 807. The third-order valence-electron chi connectivity index (χ3n) is 2.66. The molecule has 3 aromatic rings. The van der Waals surface area contributed by atoms with Gasteiger partial charge in [0.05, 0.1) is 4.47 Å². The third kappa shape index (κ3) is 2.23. The zero-order valence-electron chi connectivity index (χ0n) is 10.1. The molecule has 8 heteroatoms. The summed E-state index contributed by atoms with van der Waals surface area (Å²) < 4.78 is 21.0. The van der Waals surface area contributed by atoms with E-state index < -0.39 is 5.82 Å². The smallest absolute Gasteiger partial charge is 0.256 e. The number of hydrogen-bond donors (Lipinski definition) is 0. The number of rotatable bonds is 2. The van der Waals surface area contributed by atoms with Crippen molar-refractivity contribution in [3.8, 4) is 11.6 Å². The highest BCUT2D eigenvalue weighted by Crippen LogP contribution is 2.30. The molecule has 0 radical (unpaired) electrons. The number of aromatic nitrogens is 4. The normalized spacial score (nSPS) is 11.0. The van der Waals surface area contributed by atoms with Gasteiger partial charge in [0.2, 0.25) is 5.88 Å². The standard InChI is InChI=1S/C12H7BrClFN4O/c1-6-10(14)18-12-16-5-17-19(12)11(6)20-7-2-3-8(13)9(15)4-7/h2-5H,1H3. The van der Waals surface area contributed by atoms with Gasteiger partial charge in [0.1, 0.15) is 23.0 Å². The van der Waals surface area contributed by atoms with Gasteiger partial charge < -0.3 is 4.74 Å². The molecule has 0 aliphatic rings. The number of ether oxygens (including phenoxy) is 1. The first-order chi connectivity index (χ1) is 9.56. The van der Waals surface area contributed by atoms with E-state index in [2.05, 4.69) is 31.0 Å².